The molecule has 2 aliphatic rings. The number of carbonyl (C=O) groups excluding carboxylic acids is 2. The zero-order chi connectivity index (χ0) is 17.3. The van der Waals surface area contributed by atoms with Gasteiger partial charge < -0.3 is 10.2 Å². The largest absolute Gasteiger partial charge is 0.344 e. The molecule has 9 heteroatoms. The van der Waals surface area contributed by atoms with E-state index in [2.05, 4.69) is 5.32 Å². The molecule has 0 aromatic heterocycles. The van der Waals surface area contributed by atoms with Crippen molar-refractivity contribution in [2.45, 2.75) is 23.8 Å². The monoisotopic (exact) mass is 355 g/mol. The van der Waals surface area contributed by atoms with Crippen LogP contribution in [0.1, 0.15) is 12.8 Å². The van der Waals surface area contributed by atoms with Gasteiger partial charge in [0.05, 0.1) is 4.90 Å². The molecule has 24 heavy (non-hydrogen) atoms. The fourth-order valence-electron chi connectivity index (χ4n) is 2.92. The first-order valence-corrected chi connectivity index (χ1v) is 9.16. The minimum atomic E-state index is -3.70. The van der Waals surface area contributed by atoms with E-state index in [0.29, 0.717) is 12.8 Å². The summed E-state index contributed by atoms with van der Waals surface area (Å²) in [5.41, 5.74) is 0. The summed E-state index contributed by atoms with van der Waals surface area (Å²) in [5.74, 6) is -0.798. The fourth-order valence-corrected chi connectivity index (χ4v) is 4.35. The number of hydrogen-bond donors (Lipinski definition) is 1. The normalized spacial score (nSPS) is 22.5. The average molecular weight is 355 g/mol. The molecule has 0 unspecified atom stereocenters. The second kappa shape index (κ2) is 6.48. The summed E-state index contributed by atoms with van der Waals surface area (Å²) < 4.78 is 39.3. The predicted octanol–water partition coefficient (Wildman–Crippen LogP) is -0.0628. The zero-order valence-electron chi connectivity index (χ0n) is 12.9. The van der Waals surface area contributed by atoms with E-state index in [-0.39, 0.29) is 42.9 Å². The molecule has 2 heterocycles. The Balaban J connectivity index is 1.63. The van der Waals surface area contributed by atoms with Crippen LogP contribution < -0.4 is 5.32 Å². The summed E-state index contributed by atoms with van der Waals surface area (Å²) in [6.45, 7) is 0.884. The minimum Gasteiger partial charge on any atom is -0.344 e. The van der Waals surface area contributed by atoms with Crippen LogP contribution >= 0.6 is 0 Å². The van der Waals surface area contributed by atoms with Crippen molar-refractivity contribution in [2.75, 3.05) is 26.2 Å². The van der Waals surface area contributed by atoms with Crippen molar-refractivity contribution in [3.8, 4) is 0 Å². The summed E-state index contributed by atoms with van der Waals surface area (Å²) in [6.07, 6.45) is 0.821. The third-order valence-electron chi connectivity index (χ3n) is 4.30. The molecular formula is C15H18FN3O4S. The average Bonchev–Trinajstić information content (AvgIpc) is 3.01. The lowest BCUT2D eigenvalue weighted by atomic mass is 10.2. The van der Waals surface area contributed by atoms with Gasteiger partial charge in [-0.25, -0.2) is 12.8 Å². The summed E-state index contributed by atoms with van der Waals surface area (Å²) >= 11 is 0. The van der Waals surface area contributed by atoms with Crippen molar-refractivity contribution in [3.63, 3.8) is 0 Å². The van der Waals surface area contributed by atoms with Crippen LogP contribution in [0.5, 0.6) is 0 Å². The smallest absolute Gasteiger partial charge is 0.245 e. The van der Waals surface area contributed by atoms with Crippen LogP contribution in [0.25, 0.3) is 0 Å². The Morgan fingerprint density at radius 1 is 1.12 bits per heavy atom. The first-order chi connectivity index (χ1) is 11.4. The van der Waals surface area contributed by atoms with E-state index in [4.69, 9.17) is 0 Å². The highest BCUT2D eigenvalue weighted by atomic mass is 32.2. The molecule has 1 atom stereocenters. The number of amides is 2. The van der Waals surface area contributed by atoms with Gasteiger partial charge in [0.15, 0.2) is 0 Å². The van der Waals surface area contributed by atoms with E-state index in [1.807, 2.05) is 0 Å². The highest BCUT2D eigenvalue weighted by Gasteiger charge is 2.34. The van der Waals surface area contributed by atoms with Gasteiger partial charge in [0.1, 0.15) is 11.9 Å². The molecular weight excluding hydrogens is 337 g/mol. The van der Waals surface area contributed by atoms with E-state index >= 15 is 0 Å². The number of carbonyl (C=O) groups is 2. The van der Waals surface area contributed by atoms with Crippen LogP contribution in [0.3, 0.4) is 0 Å². The molecule has 2 saturated heterocycles. The molecule has 0 aliphatic carbocycles. The van der Waals surface area contributed by atoms with Crippen LogP contribution in [0.2, 0.25) is 0 Å². The van der Waals surface area contributed by atoms with E-state index in [9.17, 15) is 22.4 Å². The number of nitrogens with zero attached hydrogens (tertiary/aromatic N) is 2. The Kier molecular flexibility index (Phi) is 4.55. The zero-order valence-corrected chi connectivity index (χ0v) is 13.8. The Morgan fingerprint density at radius 2 is 1.75 bits per heavy atom. The van der Waals surface area contributed by atoms with Crippen molar-refractivity contribution in [3.05, 3.63) is 30.1 Å². The Morgan fingerprint density at radius 3 is 2.29 bits per heavy atom. The third-order valence-corrected chi connectivity index (χ3v) is 6.21. The summed E-state index contributed by atoms with van der Waals surface area (Å²) in [7, 11) is -3.70. The van der Waals surface area contributed by atoms with Crippen molar-refractivity contribution in [1.82, 2.24) is 14.5 Å². The summed E-state index contributed by atoms with van der Waals surface area (Å²) in [5, 5.41) is 2.63. The van der Waals surface area contributed by atoms with Crippen LogP contribution in [-0.2, 0) is 19.6 Å². The molecule has 0 bridgehead atoms. The molecule has 0 spiro atoms. The lowest BCUT2D eigenvalue weighted by molar-refractivity contribution is -0.135. The molecule has 0 radical (unpaired) electrons. The van der Waals surface area contributed by atoms with Crippen LogP contribution in [0, 0.1) is 5.82 Å². The molecule has 130 valence electrons. The number of halogens is 1. The maximum absolute atomic E-state index is 13.0. The molecule has 2 aliphatic heterocycles. The van der Waals surface area contributed by atoms with Gasteiger partial charge in [-0.1, -0.05) is 0 Å². The molecule has 3 rings (SSSR count). The number of sulfonamides is 1. The maximum atomic E-state index is 13.0. The molecule has 1 N–H and O–H groups in total. The third kappa shape index (κ3) is 3.27. The van der Waals surface area contributed by atoms with Gasteiger partial charge in [-0.15, -0.1) is 0 Å². The number of rotatable bonds is 3. The lowest BCUT2D eigenvalue weighted by Gasteiger charge is -2.35. The van der Waals surface area contributed by atoms with Crippen molar-refractivity contribution in [1.29, 1.82) is 0 Å². The van der Waals surface area contributed by atoms with Gasteiger partial charge >= 0.3 is 0 Å². The first-order valence-electron chi connectivity index (χ1n) is 7.72. The van der Waals surface area contributed by atoms with Gasteiger partial charge in [-0.3, -0.25) is 9.59 Å². The second-order valence-electron chi connectivity index (χ2n) is 5.84. The van der Waals surface area contributed by atoms with Gasteiger partial charge in [0.2, 0.25) is 21.8 Å². The maximum Gasteiger partial charge on any atom is 0.245 e. The molecule has 1 aromatic rings. The van der Waals surface area contributed by atoms with Crippen LogP contribution in [0.15, 0.2) is 29.2 Å². The quantitative estimate of drug-likeness (QED) is 0.823. The molecule has 2 fully saturated rings. The fraction of sp³-hybridized carbons (Fsp3) is 0.467. The van der Waals surface area contributed by atoms with Crippen molar-refractivity contribution in [2.24, 2.45) is 0 Å². The second-order valence-corrected chi connectivity index (χ2v) is 7.78. The van der Waals surface area contributed by atoms with Gasteiger partial charge in [0, 0.05) is 32.6 Å². The standard InChI is InChI=1S/C15H18FN3O4S/c16-11-1-3-12(4-2-11)24(22,23)19-9-7-18(8-10-19)15(21)13-5-6-14(20)17-13/h1-4,13H,5-10H2,(H,17,20)/t13-/m1/s1. The van der Waals surface area contributed by atoms with Crippen molar-refractivity contribution < 1.29 is 22.4 Å². The Hall–Kier alpha value is -2.00. The number of benzene rings is 1. The molecule has 2 amide bonds. The molecule has 1 aromatic carbocycles. The predicted molar refractivity (Wildman–Crippen MR) is 82.9 cm³/mol. The lowest BCUT2D eigenvalue weighted by Crippen LogP contribution is -2.54. The minimum absolute atomic E-state index is 0.0340. The number of nitrogens with one attached hydrogen (secondary N) is 1. The van der Waals surface area contributed by atoms with Crippen LogP contribution in [0.4, 0.5) is 4.39 Å². The van der Waals surface area contributed by atoms with E-state index < -0.39 is 21.9 Å². The Bertz CT molecular complexity index is 742. The number of hydrogen-bond acceptors (Lipinski definition) is 4. The van der Waals surface area contributed by atoms with E-state index in [0.717, 1.165) is 12.1 Å². The van der Waals surface area contributed by atoms with Gasteiger partial charge in [-0.05, 0) is 30.7 Å². The van der Waals surface area contributed by atoms with Gasteiger partial charge in [0.25, 0.3) is 0 Å². The van der Waals surface area contributed by atoms with E-state index in [1.165, 1.54) is 16.4 Å². The topological polar surface area (TPSA) is 86.8 Å². The van der Waals surface area contributed by atoms with Gasteiger partial charge in [-0.2, -0.15) is 4.31 Å². The van der Waals surface area contributed by atoms with Crippen LogP contribution in [-0.4, -0.2) is 61.7 Å². The molecule has 0 saturated carbocycles. The highest BCUT2D eigenvalue weighted by Crippen LogP contribution is 2.19. The SMILES string of the molecule is O=C1CC[C@H](C(=O)N2CCN(S(=O)(=O)c3ccc(F)cc3)CC2)N1. The summed E-state index contributed by atoms with van der Waals surface area (Å²) in [6, 6.07) is 4.18. The number of piperazine rings is 1. The Labute approximate surface area is 139 Å². The first kappa shape index (κ1) is 16.8. The molecule has 7 nitrogen and oxygen atoms in total. The van der Waals surface area contributed by atoms with Crippen molar-refractivity contribution >= 4 is 21.8 Å². The highest BCUT2D eigenvalue weighted by molar-refractivity contribution is 7.89. The summed E-state index contributed by atoms with van der Waals surface area (Å²) in [4.78, 5) is 25.1. The van der Waals surface area contributed by atoms with E-state index in [1.54, 1.807) is 4.90 Å².